The van der Waals surface area contributed by atoms with Gasteiger partial charge < -0.3 is 5.11 Å². The molecule has 1 rings (SSSR count). The Morgan fingerprint density at radius 3 is 2.82 bits per heavy atom. The van der Waals surface area contributed by atoms with Crippen LogP contribution in [0.2, 0.25) is 0 Å². The van der Waals surface area contributed by atoms with E-state index in [2.05, 4.69) is 6.92 Å². The molecule has 2 nitrogen and oxygen atoms in total. The minimum Gasteiger partial charge on any atom is -0.481 e. The van der Waals surface area contributed by atoms with Gasteiger partial charge in [-0.2, -0.15) is 0 Å². The topological polar surface area (TPSA) is 37.3 Å². The summed E-state index contributed by atoms with van der Waals surface area (Å²) in [6, 6.07) is 0. The van der Waals surface area contributed by atoms with E-state index < -0.39 is 5.97 Å². The van der Waals surface area contributed by atoms with Gasteiger partial charge in [0.25, 0.3) is 0 Å². The molecule has 0 heterocycles. The van der Waals surface area contributed by atoms with E-state index >= 15 is 0 Å². The average molecular weight is 155 g/mol. The van der Waals surface area contributed by atoms with Gasteiger partial charge in [-0.25, -0.2) is 0 Å². The zero-order chi connectivity index (χ0) is 8.27. The van der Waals surface area contributed by atoms with E-state index in [0.29, 0.717) is 5.92 Å². The molecule has 0 aliphatic heterocycles. The van der Waals surface area contributed by atoms with Crippen LogP contribution in [0.1, 0.15) is 32.1 Å². The lowest BCUT2D eigenvalue weighted by atomic mass is 9.80. The Hall–Kier alpha value is -0.530. The number of hydrogen-bond acceptors (Lipinski definition) is 1. The number of carbonyl (C=O) groups is 1. The van der Waals surface area contributed by atoms with Crippen LogP contribution in [0.15, 0.2) is 0 Å². The van der Waals surface area contributed by atoms with Gasteiger partial charge in [-0.3, -0.25) is 4.79 Å². The van der Waals surface area contributed by atoms with Crippen molar-refractivity contribution in [1.82, 2.24) is 0 Å². The van der Waals surface area contributed by atoms with Gasteiger partial charge in [-0.15, -0.1) is 0 Å². The van der Waals surface area contributed by atoms with Gasteiger partial charge >= 0.3 is 5.97 Å². The lowest BCUT2D eigenvalue weighted by Crippen LogP contribution is -2.22. The Balaban J connectivity index is 2.39. The van der Waals surface area contributed by atoms with Crippen LogP contribution >= 0.6 is 0 Å². The molecule has 1 fully saturated rings. The fraction of sp³-hybridized carbons (Fsp3) is 0.778. The van der Waals surface area contributed by atoms with E-state index in [1.807, 2.05) is 0 Å². The summed E-state index contributed by atoms with van der Waals surface area (Å²) < 4.78 is 0. The summed E-state index contributed by atoms with van der Waals surface area (Å²) in [6.45, 7) is 3.81. The van der Waals surface area contributed by atoms with Crippen LogP contribution < -0.4 is 0 Å². The predicted molar refractivity (Wildman–Crippen MR) is 43.1 cm³/mol. The summed E-state index contributed by atoms with van der Waals surface area (Å²) in [7, 11) is 0. The lowest BCUT2D eigenvalue weighted by Gasteiger charge is -2.25. The van der Waals surface area contributed by atoms with E-state index in [4.69, 9.17) is 5.11 Å². The zero-order valence-electron chi connectivity index (χ0n) is 6.75. The molecule has 0 amide bonds. The molecular weight excluding hydrogens is 140 g/mol. The highest BCUT2D eigenvalue weighted by Gasteiger charge is 2.25. The molecule has 0 aromatic rings. The SMILES string of the molecule is [CH2]CC1CCCC(C(=O)O)C1. The Morgan fingerprint density at radius 1 is 1.55 bits per heavy atom. The van der Waals surface area contributed by atoms with Crippen molar-refractivity contribution in [2.75, 3.05) is 0 Å². The summed E-state index contributed by atoms with van der Waals surface area (Å²) in [4.78, 5) is 10.6. The zero-order valence-corrected chi connectivity index (χ0v) is 6.75. The molecule has 1 radical (unpaired) electrons. The average Bonchev–Trinajstić information content (AvgIpc) is 2.05. The van der Waals surface area contributed by atoms with Crippen molar-refractivity contribution >= 4 is 5.97 Å². The molecule has 0 saturated heterocycles. The minimum absolute atomic E-state index is 0.0875. The number of hydrogen-bond donors (Lipinski definition) is 1. The standard InChI is InChI=1S/C9H15O2/c1-2-7-4-3-5-8(6-7)9(10)11/h7-8H,1-6H2,(H,10,11). The molecule has 1 aliphatic carbocycles. The maximum Gasteiger partial charge on any atom is 0.306 e. The van der Waals surface area contributed by atoms with Gasteiger partial charge in [0, 0.05) is 0 Å². The summed E-state index contributed by atoms with van der Waals surface area (Å²) in [6.07, 6.45) is 4.85. The van der Waals surface area contributed by atoms with Gasteiger partial charge in [-0.05, 0) is 18.8 Å². The van der Waals surface area contributed by atoms with Crippen molar-refractivity contribution in [3.63, 3.8) is 0 Å². The molecule has 2 heteroatoms. The number of carboxylic acid groups (broad SMARTS) is 1. The molecule has 0 aromatic heterocycles. The minimum atomic E-state index is -0.622. The molecule has 1 saturated carbocycles. The Kier molecular flexibility index (Phi) is 2.92. The molecule has 2 atom stereocenters. The molecule has 63 valence electrons. The van der Waals surface area contributed by atoms with Gasteiger partial charge in [0.1, 0.15) is 0 Å². The van der Waals surface area contributed by atoms with Crippen molar-refractivity contribution in [3.05, 3.63) is 6.92 Å². The van der Waals surface area contributed by atoms with Crippen molar-refractivity contribution in [2.24, 2.45) is 11.8 Å². The predicted octanol–water partition coefficient (Wildman–Crippen LogP) is 2.10. The first-order valence-electron chi connectivity index (χ1n) is 4.26. The molecule has 11 heavy (non-hydrogen) atoms. The largest absolute Gasteiger partial charge is 0.481 e. The molecule has 0 bridgehead atoms. The van der Waals surface area contributed by atoms with Crippen molar-refractivity contribution in [3.8, 4) is 0 Å². The Bertz CT molecular complexity index is 142. The van der Waals surface area contributed by atoms with Crippen LogP contribution in [0.5, 0.6) is 0 Å². The smallest absolute Gasteiger partial charge is 0.306 e. The first-order valence-corrected chi connectivity index (χ1v) is 4.26. The third-order valence-electron chi connectivity index (χ3n) is 2.54. The van der Waals surface area contributed by atoms with Crippen LogP contribution in [0.4, 0.5) is 0 Å². The summed E-state index contributed by atoms with van der Waals surface area (Å²) in [5, 5.41) is 8.73. The first kappa shape index (κ1) is 8.57. The summed E-state index contributed by atoms with van der Waals surface area (Å²) in [5.74, 6) is -0.150. The third-order valence-corrected chi connectivity index (χ3v) is 2.54. The highest BCUT2D eigenvalue weighted by Crippen LogP contribution is 2.30. The van der Waals surface area contributed by atoms with E-state index in [1.165, 1.54) is 6.42 Å². The van der Waals surface area contributed by atoms with E-state index in [1.54, 1.807) is 0 Å². The molecule has 0 spiro atoms. The first-order chi connectivity index (χ1) is 5.24. The van der Waals surface area contributed by atoms with Gasteiger partial charge in [0.2, 0.25) is 0 Å². The van der Waals surface area contributed by atoms with Gasteiger partial charge in [0.15, 0.2) is 0 Å². The molecular formula is C9H15O2. The van der Waals surface area contributed by atoms with Gasteiger partial charge in [-0.1, -0.05) is 26.2 Å². The quantitative estimate of drug-likeness (QED) is 0.663. The fourth-order valence-corrected chi connectivity index (χ4v) is 1.78. The number of rotatable bonds is 2. The van der Waals surface area contributed by atoms with Crippen LogP contribution in [0.25, 0.3) is 0 Å². The number of carboxylic acids is 1. The Labute approximate surface area is 67.6 Å². The van der Waals surface area contributed by atoms with Gasteiger partial charge in [0.05, 0.1) is 5.92 Å². The second kappa shape index (κ2) is 3.74. The van der Waals surface area contributed by atoms with Crippen molar-refractivity contribution < 1.29 is 9.90 Å². The lowest BCUT2D eigenvalue weighted by molar-refractivity contribution is -0.143. The molecule has 1 N–H and O–H groups in total. The van der Waals surface area contributed by atoms with Crippen LogP contribution in [-0.4, -0.2) is 11.1 Å². The van der Waals surface area contributed by atoms with Crippen LogP contribution in [0, 0.1) is 18.8 Å². The maximum absolute atomic E-state index is 10.6. The van der Waals surface area contributed by atoms with Crippen LogP contribution in [0.3, 0.4) is 0 Å². The van der Waals surface area contributed by atoms with Crippen molar-refractivity contribution in [1.29, 1.82) is 0 Å². The van der Waals surface area contributed by atoms with E-state index in [9.17, 15) is 4.79 Å². The highest BCUT2D eigenvalue weighted by molar-refractivity contribution is 5.70. The molecule has 1 aliphatic rings. The second-order valence-electron chi connectivity index (χ2n) is 3.36. The van der Waals surface area contributed by atoms with Crippen molar-refractivity contribution in [2.45, 2.75) is 32.1 Å². The van der Waals surface area contributed by atoms with Crippen LogP contribution in [-0.2, 0) is 4.79 Å². The fourth-order valence-electron chi connectivity index (χ4n) is 1.78. The highest BCUT2D eigenvalue weighted by atomic mass is 16.4. The monoisotopic (exact) mass is 155 g/mol. The Morgan fingerprint density at radius 2 is 2.27 bits per heavy atom. The summed E-state index contributed by atoms with van der Waals surface area (Å²) >= 11 is 0. The second-order valence-corrected chi connectivity index (χ2v) is 3.36. The summed E-state index contributed by atoms with van der Waals surface area (Å²) in [5.41, 5.74) is 0. The molecule has 0 aromatic carbocycles. The third kappa shape index (κ3) is 2.21. The number of aliphatic carboxylic acids is 1. The normalized spacial score (nSPS) is 31.7. The maximum atomic E-state index is 10.6. The van der Waals surface area contributed by atoms with E-state index in [0.717, 1.165) is 25.7 Å². The molecule has 2 unspecified atom stereocenters. The van der Waals surface area contributed by atoms with E-state index in [-0.39, 0.29) is 5.92 Å².